The lowest BCUT2D eigenvalue weighted by molar-refractivity contribution is 0.120. The molecule has 0 amide bonds. The summed E-state index contributed by atoms with van der Waals surface area (Å²) in [5.74, 6) is 8.85. The summed E-state index contributed by atoms with van der Waals surface area (Å²) in [7, 11) is 3.24. The van der Waals surface area contributed by atoms with E-state index in [1.54, 1.807) is 20.3 Å². The Morgan fingerprint density at radius 3 is 2.55 bits per heavy atom. The monoisotopic (exact) mass is 599 g/mol. The van der Waals surface area contributed by atoms with Crippen LogP contribution >= 0.6 is 11.6 Å². The number of aromatic nitrogens is 2. The zero-order valence-electron chi connectivity index (χ0n) is 23.9. The highest BCUT2D eigenvalue weighted by Gasteiger charge is 2.25. The number of fused-ring (bicyclic) bond motifs is 2. The summed E-state index contributed by atoms with van der Waals surface area (Å²) >= 11 is 6.69. The summed E-state index contributed by atoms with van der Waals surface area (Å²) in [5, 5.41) is 4.44. The molecule has 0 unspecified atom stereocenters. The van der Waals surface area contributed by atoms with Gasteiger partial charge in [0, 0.05) is 64.3 Å². The first-order valence-corrected chi connectivity index (χ1v) is 14.3. The Hall–Kier alpha value is -3.56. The molecule has 5 rings (SSSR count). The second-order valence-corrected chi connectivity index (χ2v) is 10.2. The van der Waals surface area contributed by atoms with Gasteiger partial charge in [0.1, 0.15) is 24.5 Å². The number of nitrogens with one attached hydrogen (secondary N) is 1. The van der Waals surface area contributed by atoms with Gasteiger partial charge in [0.25, 0.3) is 0 Å². The van der Waals surface area contributed by atoms with Crippen molar-refractivity contribution in [2.75, 3.05) is 85.5 Å². The lowest BCUT2D eigenvalue weighted by Gasteiger charge is -2.34. The van der Waals surface area contributed by atoms with Gasteiger partial charge in [-0.3, -0.25) is 4.90 Å². The summed E-state index contributed by atoms with van der Waals surface area (Å²) in [6, 6.07) is 5.44. The van der Waals surface area contributed by atoms with E-state index in [9.17, 15) is 4.39 Å². The number of nitrogens with zero attached hydrogens (tertiary/aromatic N) is 4. The summed E-state index contributed by atoms with van der Waals surface area (Å²) in [6.45, 7) is 5.98. The van der Waals surface area contributed by atoms with Gasteiger partial charge in [-0.2, -0.15) is 0 Å². The number of benzene rings is 2. The molecule has 0 spiro atoms. The predicted octanol–water partition coefficient (Wildman–Crippen LogP) is 4.51. The summed E-state index contributed by atoms with van der Waals surface area (Å²) in [5.41, 5.74) is 1.85. The molecule has 0 radical (unpaired) electrons. The molecule has 0 bridgehead atoms. The van der Waals surface area contributed by atoms with Crippen LogP contribution in [-0.2, 0) is 4.74 Å². The molecule has 224 valence electrons. The third-order valence-electron chi connectivity index (χ3n) is 7.15. The van der Waals surface area contributed by atoms with Gasteiger partial charge < -0.3 is 33.9 Å². The first kappa shape index (κ1) is 29.9. The molecular weight excluding hydrogens is 565 g/mol. The highest BCUT2D eigenvalue weighted by Crippen LogP contribution is 2.47. The Morgan fingerprint density at radius 1 is 1.00 bits per heavy atom. The maximum atomic E-state index is 12.6. The van der Waals surface area contributed by atoms with Gasteiger partial charge in [-0.1, -0.05) is 23.4 Å². The topological polar surface area (TPSA) is 90.4 Å². The summed E-state index contributed by atoms with van der Waals surface area (Å²) in [4.78, 5) is 13.5. The molecule has 42 heavy (non-hydrogen) atoms. The molecule has 1 fully saturated rings. The molecule has 1 aromatic heterocycles. The fraction of sp³-hybridized carbons (Fsp3) is 0.467. The lowest BCUT2D eigenvalue weighted by Crippen LogP contribution is -2.47. The van der Waals surface area contributed by atoms with Crippen LogP contribution in [0.2, 0.25) is 5.02 Å². The van der Waals surface area contributed by atoms with Crippen LogP contribution in [0.4, 0.5) is 15.9 Å². The Bertz CT molecular complexity index is 1440. The van der Waals surface area contributed by atoms with Crippen molar-refractivity contribution in [1.29, 1.82) is 0 Å². The van der Waals surface area contributed by atoms with Crippen molar-refractivity contribution in [2.24, 2.45) is 0 Å². The van der Waals surface area contributed by atoms with E-state index < -0.39 is 0 Å². The number of hydrogen-bond donors (Lipinski definition) is 1. The van der Waals surface area contributed by atoms with E-state index in [0.29, 0.717) is 76.8 Å². The quantitative estimate of drug-likeness (QED) is 0.237. The fourth-order valence-corrected chi connectivity index (χ4v) is 5.18. The zero-order chi connectivity index (χ0) is 29.3. The molecular formula is C30H35ClFN5O5. The Kier molecular flexibility index (Phi) is 10.4. The minimum absolute atomic E-state index is 0.0610. The van der Waals surface area contributed by atoms with Crippen LogP contribution in [-0.4, -0.2) is 99.9 Å². The molecule has 1 saturated heterocycles. The van der Waals surface area contributed by atoms with Crippen LogP contribution in [0, 0.1) is 11.8 Å². The van der Waals surface area contributed by atoms with Crippen molar-refractivity contribution in [3.8, 4) is 34.8 Å². The molecule has 2 aromatic carbocycles. The number of rotatable bonds is 12. The van der Waals surface area contributed by atoms with E-state index in [2.05, 4.69) is 36.9 Å². The van der Waals surface area contributed by atoms with Crippen LogP contribution in [0.25, 0.3) is 10.9 Å². The van der Waals surface area contributed by atoms with Gasteiger partial charge in [0.2, 0.25) is 6.79 Å². The first-order valence-electron chi connectivity index (χ1n) is 13.9. The second kappa shape index (κ2) is 14.6. The molecule has 3 aromatic rings. The van der Waals surface area contributed by atoms with Crippen molar-refractivity contribution in [3.63, 3.8) is 0 Å². The van der Waals surface area contributed by atoms with Gasteiger partial charge in [0.15, 0.2) is 23.0 Å². The number of hydrogen-bond acceptors (Lipinski definition) is 10. The normalized spacial score (nSPS) is 15.0. The SMILES string of the molecule is COCCC#Cc1cc(Cl)c(Nc2ncnc3cc(OCCCN4CCN(CCF)CC4)c(OC)cc23)c2c1OCO2. The molecule has 0 saturated carbocycles. The van der Waals surface area contributed by atoms with Crippen molar-refractivity contribution in [2.45, 2.75) is 12.8 Å². The van der Waals surface area contributed by atoms with E-state index in [1.165, 1.54) is 6.33 Å². The van der Waals surface area contributed by atoms with Crippen molar-refractivity contribution in [3.05, 3.63) is 35.1 Å². The Labute approximate surface area is 250 Å². The van der Waals surface area contributed by atoms with Crippen molar-refractivity contribution >= 4 is 34.0 Å². The van der Waals surface area contributed by atoms with E-state index in [-0.39, 0.29) is 13.5 Å². The van der Waals surface area contributed by atoms with E-state index in [0.717, 1.165) is 44.5 Å². The number of anilines is 2. The summed E-state index contributed by atoms with van der Waals surface area (Å²) in [6.07, 6.45) is 2.92. The van der Waals surface area contributed by atoms with Crippen molar-refractivity contribution in [1.82, 2.24) is 19.8 Å². The molecule has 0 aliphatic carbocycles. The van der Waals surface area contributed by atoms with E-state index in [1.807, 2.05) is 12.1 Å². The number of ether oxygens (including phenoxy) is 5. The van der Waals surface area contributed by atoms with Crippen LogP contribution in [0.5, 0.6) is 23.0 Å². The number of piperazine rings is 1. The van der Waals surface area contributed by atoms with Crippen LogP contribution in [0.1, 0.15) is 18.4 Å². The average Bonchev–Trinajstić information content (AvgIpc) is 3.50. The van der Waals surface area contributed by atoms with Crippen LogP contribution < -0.4 is 24.3 Å². The first-order chi connectivity index (χ1) is 20.6. The highest BCUT2D eigenvalue weighted by atomic mass is 35.5. The third kappa shape index (κ3) is 7.07. The molecule has 12 heteroatoms. The maximum absolute atomic E-state index is 12.6. The van der Waals surface area contributed by atoms with E-state index in [4.69, 9.17) is 35.3 Å². The summed E-state index contributed by atoms with van der Waals surface area (Å²) < 4.78 is 40.9. The minimum atomic E-state index is -0.290. The largest absolute Gasteiger partial charge is 0.493 e. The lowest BCUT2D eigenvalue weighted by atomic mass is 10.1. The van der Waals surface area contributed by atoms with Gasteiger partial charge in [-0.25, -0.2) is 14.4 Å². The van der Waals surface area contributed by atoms with Crippen LogP contribution in [0.15, 0.2) is 24.5 Å². The third-order valence-corrected chi connectivity index (χ3v) is 7.45. The number of alkyl halides is 1. The zero-order valence-corrected chi connectivity index (χ0v) is 24.6. The number of methoxy groups -OCH3 is 2. The minimum Gasteiger partial charge on any atom is -0.493 e. The highest BCUT2D eigenvalue weighted by molar-refractivity contribution is 6.34. The predicted molar refractivity (Wildman–Crippen MR) is 159 cm³/mol. The second-order valence-electron chi connectivity index (χ2n) is 9.83. The number of halogens is 2. The standard InChI is InChI=1S/C30H35ClFN5O5/c1-38-14-4-3-6-21-16-23(31)27(29-28(21)41-20-42-29)35-30-22-17-25(39-2)26(18-24(22)33-19-34-30)40-15-5-8-36-10-12-37(9-7-32)13-11-36/h16-19H,4-5,7-15,20H2,1-2H3,(H,33,34,35). The average molecular weight is 600 g/mol. The molecule has 2 aliphatic rings. The smallest absolute Gasteiger partial charge is 0.231 e. The van der Waals surface area contributed by atoms with Gasteiger partial charge >= 0.3 is 0 Å². The Balaban J connectivity index is 1.29. The van der Waals surface area contributed by atoms with Gasteiger partial charge in [-0.05, 0) is 18.6 Å². The van der Waals surface area contributed by atoms with Gasteiger partial charge in [-0.15, -0.1) is 0 Å². The molecule has 1 N–H and O–H groups in total. The van der Waals surface area contributed by atoms with Crippen LogP contribution in [0.3, 0.4) is 0 Å². The van der Waals surface area contributed by atoms with E-state index >= 15 is 0 Å². The maximum Gasteiger partial charge on any atom is 0.231 e. The molecule has 2 aliphatic heterocycles. The molecule has 3 heterocycles. The molecule has 10 nitrogen and oxygen atoms in total. The fourth-order valence-electron chi connectivity index (χ4n) is 4.94. The Morgan fingerprint density at radius 2 is 1.79 bits per heavy atom. The van der Waals surface area contributed by atoms with Crippen molar-refractivity contribution < 1.29 is 28.1 Å². The van der Waals surface area contributed by atoms with Gasteiger partial charge in [0.05, 0.1) is 36.4 Å². The molecule has 0 atom stereocenters.